The lowest BCUT2D eigenvalue weighted by Crippen LogP contribution is -2.35. The van der Waals surface area contributed by atoms with E-state index in [1.807, 2.05) is 13.8 Å². The van der Waals surface area contributed by atoms with Gasteiger partial charge in [-0.1, -0.05) is 53.0 Å². The Hall–Kier alpha value is 0.480. The SMILES string of the molecule is CC(C)(CCl)CNS(=O)(=O)c1c(Cl)cc(Br)cc1Cl. The van der Waals surface area contributed by atoms with Crippen LogP contribution in [0.1, 0.15) is 13.8 Å². The molecule has 1 rings (SSSR count). The molecule has 0 aliphatic carbocycles. The Kier molecular flexibility index (Phi) is 6.00. The molecule has 3 nitrogen and oxygen atoms in total. The summed E-state index contributed by atoms with van der Waals surface area (Å²) in [7, 11) is -3.78. The molecule has 0 saturated carbocycles. The third kappa shape index (κ3) is 4.76. The quantitative estimate of drug-likeness (QED) is 0.737. The number of sulfonamides is 1. The molecule has 0 amide bonds. The smallest absolute Gasteiger partial charge is 0.210 e. The highest BCUT2D eigenvalue weighted by Gasteiger charge is 2.25. The standard InChI is InChI=1S/C11H13BrCl3NO2S/c1-11(2,5-13)6-16-19(17,18)10-8(14)3-7(12)4-9(10)15/h3-4,16H,5-6H2,1-2H3. The van der Waals surface area contributed by atoms with Crippen LogP contribution < -0.4 is 4.72 Å². The van der Waals surface area contributed by atoms with Gasteiger partial charge in [-0.05, 0) is 17.5 Å². The van der Waals surface area contributed by atoms with Crippen LogP contribution in [0.15, 0.2) is 21.5 Å². The maximum absolute atomic E-state index is 12.2. The van der Waals surface area contributed by atoms with Crippen molar-refractivity contribution in [1.82, 2.24) is 4.72 Å². The fourth-order valence-corrected chi connectivity index (χ4v) is 4.46. The predicted octanol–water partition coefficient (Wildman–Crippen LogP) is 4.30. The molecule has 0 aromatic heterocycles. The van der Waals surface area contributed by atoms with Crippen LogP contribution >= 0.6 is 50.7 Å². The molecular formula is C11H13BrCl3NO2S. The molecule has 1 aromatic carbocycles. The average molecular weight is 410 g/mol. The van der Waals surface area contributed by atoms with Crippen molar-refractivity contribution in [2.24, 2.45) is 5.41 Å². The van der Waals surface area contributed by atoms with E-state index in [9.17, 15) is 8.42 Å². The number of hydrogen-bond acceptors (Lipinski definition) is 2. The Labute approximate surface area is 136 Å². The van der Waals surface area contributed by atoms with Gasteiger partial charge in [0.25, 0.3) is 0 Å². The van der Waals surface area contributed by atoms with Crippen molar-refractivity contribution in [1.29, 1.82) is 0 Å². The van der Waals surface area contributed by atoms with Crippen LogP contribution in [0.25, 0.3) is 0 Å². The van der Waals surface area contributed by atoms with Crippen molar-refractivity contribution in [2.45, 2.75) is 18.7 Å². The minimum absolute atomic E-state index is 0.0653. The van der Waals surface area contributed by atoms with Gasteiger partial charge in [-0.25, -0.2) is 13.1 Å². The molecule has 0 aliphatic rings. The molecule has 8 heteroatoms. The van der Waals surface area contributed by atoms with Crippen LogP contribution in [0.5, 0.6) is 0 Å². The number of benzene rings is 1. The van der Waals surface area contributed by atoms with E-state index < -0.39 is 10.0 Å². The molecule has 108 valence electrons. The summed E-state index contributed by atoms with van der Waals surface area (Å²) >= 11 is 20.8. The molecule has 0 bridgehead atoms. The summed E-state index contributed by atoms with van der Waals surface area (Å²) in [4.78, 5) is -0.121. The fourth-order valence-electron chi connectivity index (χ4n) is 1.20. The van der Waals surface area contributed by atoms with E-state index in [4.69, 9.17) is 34.8 Å². The molecule has 0 atom stereocenters. The third-order valence-corrected chi connectivity index (χ3v) is 5.84. The predicted molar refractivity (Wildman–Crippen MR) is 83.9 cm³/mol. The monoisotopic (exact) mass is 407 g/mol. The first kappa shape index (κ1) is 17.5. The van der Waals surface area contributed by atoms with Gasteiger partial charge in [-0.3, -0.25) is 0 Å². The minimum atomic E-state index is -3.78. The van der Waals surface area contributed by atoms with Crippen molar-refractivity contribution in [3.05, 3.63) is 26.7 Å². The Balaban J connectivity index is 3.09. The zero-order chi connectivity index (χ0) is 14.8. The Morgan fingerprint density at radius 2 is 1.74 bits per heavy atom. The highest BCUT2D eigenvalue weighted by atomic mass is 79.9. The number of hydrogen-bond donors (Lipinski definition) is 1. The molecule has 0 aliphatic heterocycles. The molecule has 1 N–H and O–H groups in total. The zero-order valence-electron chi connectivity index (χ0n) is 10.3. The Morgan fingerprint density at radius 1 is 1.26 bits per heavy atom. The fraction of sp³-hybridized carbons (Fsp3) is 0.455. The highest BCUT2D eigenvalue weighted by Crippen LogP contribution is 2.33. The number of nitrogens with one attached hydrogen (secondary N) is 1. The van der Waals surface area contributed by atoms with Crippen molar-refractivity contribution in [3.8, 4) is 0 Å². The van der Waals surface area contributed by atoms with Gasteiger partial charge in [-0.2, -0.15) is 0 Å². The molecule has 0 spiro atoms. The van der Waals surface area contributed by atoms with Crippen molar-refractivity contribution >= 4 is 60.8 Å². The molecule has 0 saturated heterocycles. The number of halogens is 4. The molecular weight excluding hydrogens is 396 g/mol. The van der Waals surface area contributed by atoms with Crippen LogP contribution in [0.2, 0.25) is 10.0 Å². The van der Waals surface area contributed by atoms with Crippen molar-refractivity contribution in [2.75, 3.05) is 12.4 Å². The summed E-state index contributed by atoms with van der Waals surface area (Å²) in [6.45, 7) is 3.90. The van der Waals surface area contributed by atoms with Gasteiger partial charge in [0.2, 0.25) is 10.0 Å². The maximum atomic E-state index is 12.2. The molecule has 19 heavy (non-hydrogen) atoms. The first-order valence-electron chi connectivity index (χ1n) is 5.29. The van der Waals surface area contributed by atoms with Crippen molar-refractivity contribution in [3.63, 3.8) is 0 Å². The van der Waals surface area contributed by atoms with E-state index >= 15 is 0 Å². The van der Waals surface area contributed by atoms with Gasteiger partial charge >= 0.3 is 0 Å². The van der Waals surface area contributed by atoms with Crippen LogP contribution in [0, 0.1) is 5.41 Å². The van der Waals surface area contributed by atoms with Crippen LogP contribution in [-0.4, -0.2) is 20.8 Å². The first-order valence-corrected chi connectivity index (χ1v) is 8.86. The third-order valence-electron chi connectivity index (χ3n) is 2.33. The lowest BCUT2D eigenvalue weighted by atomic mass is 9.97. The van der Waals surface area contributed by atoms with Crippen LogP contribution in [-0.2, 0) is 10.0 Å². The number of alkyl halides is 1. The van der Waals surface area contributed by atoms with E-state index in [2.05, 4.69) is 20.7 Å². The second-order valence-corrected chi connectivity index (χ2v) is 8.52. The Bertz CT molecular complexity index is 552. The largest absolute Gasteiger partial charge is 0.243 e. The number of rotatable bonds is 5. The Morgan fingerprint density at radius 3 is 2.16 bits per heavy atom. The van der Waals surface area contributed by atoms with E-state index in [0.717, 1.165) is 0 Å². The summed E-state index contributed by atoms with van der Waals surface area (Å²) in [6.07, 6.45) is 0. The lowest BCUT2D eigenvalue weighted by Gasteiger charge is -2.22. The highest BCUT2D eigenvalue weighted by molar-refractivity contribution is 9.10. The van der Waals surface area contributed by atoms with E-state index in [1.54, 1.807) is 0 Å². The second kappa shape index (κ2) is 6.50. The molecule has 0 unspecified atom stereocenters. The van der Waals surface area contributed by atoms with Gasteiger partial charge in [-0.15, -0.1) is 11.6 Å². The van der Waals surface area contributed by atoms with E-state index in [-0.39, 0.29) is 26.9 Å². The summed E-state index contributed by atoms with van der Waals surface area (Å²) in [5, 5.41) is 0.131. The molecule has 0 heterocycles. The minimum Gasteiger partial charge on any atom is -0.210 e. The average Bonchev–Trinajstić information content (AvgIpc) is 2.25. The van der Waals surface area contributed by atoms with Gasteiger partial charge < -0.3 is 0 Å². The molecule has 0 fully saturated rings. The second-order valence-electron chi connectivity index (χ2n) is 4.82. The lowest BCUT2D eigenvalue weighted by molar-refractivity contribution is 0.414. The summed E-state index contributed by atoms with van der Waals surface area (Å²) in [6, 6.07) is 2.96. The van der Waals surface area contributed by atoms with Gasteiger partial charge in [0.1, 0.15) is 4.90 Å². The first-order chi connectivity index (χ1) is 8.59. The van der Waals surface area contributed by atoms with E-state index in [0.29, 0.717) is 10.4 Å². The van der Waals surface area contributed by atoms with Crippen LogP contribution in [0.3, 0.4) is 0 Å². The summed E-state index contributed by atoms with van der Waals surface area (Å²) in [5.41, 5.74) is -0.358. The summed E-state index contributed by atoms with van der Waals surface area (Å²) in [5.74, 6) is 0.331. The van der Waals surface area contributed by atoms with E-state index in [1.165, 1.54) is 12.1 Å². The molecule has 0 radical (unpaired) electrons. The van der Waals surface area contributed by atoms with Gasteiger partial charge in [0.05, 0.1) is 10.0 Å². The van der Waals surface area contributed by atoms with Crippen LogP contribution in [0.4, 0.5) is 0 Å². The van der Waals surface area contributed by atoms with Gasteiger partial charge in [0.15, 0.2) is 0 Å². The molecule has 1 aromatic rings. The summed E-state index contributed by atoms with van der Waals surface area (Å²) < 4.78 is 27.5. The normalized spacial score (nSPS) is 12.7. The topological polar surface area (TPSA) is 46.2 Å². The van der Waals surface area contributed by atoms with Gasteiger partial charge in [0, 0.05) is 16.9 Å². The zero-order valence-corrected chi connectivity index (χ0v) is 15.0. The maximum Gasteiger partial charge on any atom is 0.243 e. The van der Waals surface area contributed by atoms with Crippen molar-refractivity contribution < 1.29 is 8.42 Å².